The van der Waals surface area contributed by atoms with Crippen molar-refractivity contribution in [3.8, 4) is 0 Å². The average molecular weight is 238 g/mol. The van der Waals surface area contributed by atoms with Gasteiger partial charge in [-0.3, -0.25) is 0 Å². The molecule has 1 saturated heterocycles. The maximum Gasteiger partial charge on any atom is 0.511 e. The molecule has 0 aliphatic carbocycles. The average Bonchev–Trinajstić information content (AvgIpc) is 2.38. The molecule has 0 radical (unpaired) electrons. The lowest BCUT2D eigenvalue weighted by atomic mass is 9.90. The summed E-state index contributed by atoms with van der Waals surface area (Å²) in [5, 5.41) is 36.9. The number of carbonyl (C=O) groups excluding carboxylic acids is 1. The third kappa shape index (κ3) is 2.11. The van der Waals surface area contributed by atoms with Crippen LogP contribution in [0.4, 0.5) is 4.79 Å². The predicted octanol–water partition coefficient (Wildman–Crippen LogP) is -2.08. The van der Waals surface area contributed by atoms with Crippen LogP contribution in [0, 0.1) is 0 Å². The highest BCUT2D eigenvalue weighted by atomic mass is 16.8. The second-order valence-corrected chi connectivity index (χ2v) is 3.32. The van der Waals surface area contributed by atoms with Crippen LogP contribution in [0.2, 0.25) is 0 Å². The maximum absolute atomic E-state index is 11.0. The minimum Gasteiger partial charge on any atom is -0.434 e. The van der Waals surface area contributed by atoms with E-state index in [1.807, 2.05) is 0 Å². The Morgan fingerprint density at radius 2 is 2.00 bits per heavy atom. The van der Waals surface area contributed by atoms with E-state index in [4.69, 9.17) is 15.3 Å². The van der Waals surface area contributed by atoms with Gasteiger partial charge < -0.3 is 34.6 Å². The van der Waals surface area contributed by atoms with Crippen LogP contribution in [0.25, 0.3) is 0 Å². The predicted molar refractivity (Wildman–Crippen MR) is 47.1 cm³/mol. The van der Waals surface area contributed by atoms with E-state index in [2.05, 4.69) is 14.2 Å². The largest absolute Gasteiger partial charge is 0.511 e. The summed E-state index contributed by atoms with van der Waals surface area (Å²) in [6, 6.07) is 0. The summed E-state index contributed by atoms with van der Waals surface area (Å²) < 4.78 is 13.7. The number of hydrogen-bond acceptors (Lipinski definition) is 8. The molecule has 2 unspecified atom stereocenters. The van der Waals surface area contributed by atoms with Crippen LogP contribution in [-0.4, -0.2) is 64.6 Å². The number of carbonyl (C=O) groups is 1. The number of aliphatic hydroxyl groups is 4. The standard InChI is InChI=1S/C8H14O8/c9-3-7(13)1-2-14-6(12)16-8(7,4-10)15-5-11/h9-11,13H,1-5H2. The van der Waals surface area contributed by atoms with Gasteiger partial charge in [0.15, 0.2) is 5.60 Å². The van der Waals surface area contributed by atoms with Crippen molar-refractivity contribution >= 4 is 6.16 Å². The molecule has 0 aromatic heterocycles. The Labute approximate surface area is 91.0 Å². The molecule has 0 amide bonds. The number of ether oxygens (including phenoxy) is 3. The number of aliphatic hydroxyl groups excluding tert-OH is 3. The molecule has 1 heterocycles. The zero-order valence-electron chi connectivity index (χ0n) is 8.46. The molecule has 1 aliphatic rings. The molecular weight excluding hydrogens is 224 g/mol. The lowest BCUT2D eigenvalue weighted by molar-refractivity contribution is -0.332. The van der Waals surface area contributed by atoms with E-state index in [1.165, 1.54) is 0 Å². The number of hydrogen-bond donors (Lipinski definition) is 4. The Morgan fingerprint density at radius 1 is 1.31 bits per heavy atom. The smallest absolute Gasteiger partial charge is 0.434 e. The first-order chi connectivity index (χ1) is 7.53. The molecule has 94 valence electrons. The lowest BCUT2D eigenvalue weighted by Gasteiger charge is -2.40. The zero-order valence-corrected chi connectivity index (χ0v) is 8.46. The first-order valence-electron chi connectivity index (χ1n) is 4.58. The SMILES string of the molecule is O=C1OCCC(O)(CO)C(CO)(OCO)O1. The monoisotopic (exact) mass is 238 g/mol. The van der Waals surface area contributed by atoms with Gasteiger partial charge in [-0.25, -0.2) is 4.79 Å². The van der Waals surface area contributed by atoms with Gasteiger partial charge in [-0.15, -0.1) is 0 Å². The minimum atomic E-state index is -2.23. The summed E-state index contributed by atoms with van der Waals surface area (Å²) >= 11 is 0. The van der Waals surface area contributed by atoms with Gasteiger partial charge in [0.1, 0.15) is 13.4 Å². The Morgan fingerprint density at radius 3 is 2.50 bits per heavy atom. The van der Waals surface area contributed by atoms with Gasteiger partial charge in [-0.1, -0.05) is 0 Å². The molecular formula is C8H14O8. The fraction of sp³-hybridized carbons (Fsp3) is 0.875. The fourth-order valence-corrected chi connectivity index (χ4v) is 1.45. The molecule has 0 saturated carbocycles. The summed E-state index contributed by atoms with van der Waals surface area (Å²) in [6.07, 6.45) is -1.36. The van der Waals surface area contributed by atoms with Crippen molar-refractivity contribution in [1.82, 2.24) is 0 Å². The molecule has 8 heteroatoms. The van der Waals surface area contributed by atoms with E-state index in [0.717, 1.165) is 0 Å². The molecule has 1 fully saturated rings. The molecule has 4 N–H and O–H groups in total. The van der Waals surface area contributed by atoms with Gasteiger partial charge in [0.2, 0.25) is 0 Å². The lowest BCUT2D eigenvalue weighted by Crippen LogP contribution is -2.62. The van der Waals surface area contributed by atoms with E-state index in [1.54, 1.807) is 0 Å². The van der Waals surface area contributed by atoms with Crippen LogP contribution in [0.3, 0.4) is 0 Å². The van der Waals surface area contributed by atoms with E-state index in [-0.39, 0.29) is 13.0 Å². The summed E-state index contributed by atoms with van der Waals surface area (Å²) in [5.74, 6) is -2.23. The molecule has 2 atom stereocenters. The quantitative estimate of drug-likeness (QED) is 0.325. The van der Waals surface area contributed by atoms with Crippen LogP contribution in [0.5, 0.6) is 0 Å². The summed E-state index contributed by atoms with van der Waals surface area (Å²) in [5.41, 5.74) is -2.04. The van der Waals surface area contributed by atoms with Gasteiger partial charge >= 0.3 is 6.16 Å². The molecule has 0 spiro atoms. The third-order valence-corrected chi connectivity index (χ3v) is 2.46. The Kier molecular flexibility index (Phi) is 4.05. The van der Waals surface area contributed by atoms with Crippen molar-refractivity contribution in [3.05, 3.63) is 0 Å². The first kappa shape index (κ1) is 13.1. The second kappa shape index (κ2) is 4.93. The molecule has 16 heavy (non-hydrogen) atoms. The zero-order chi connectivity index (χ0) is 12.2. The highest BCUT2D eigenvalue weighted by Crippen LogP contribution is 2.33. The van der Waals surface area contributed by atoms with Crippen molar-refractivity contribution in [2.45, 2.75) is 17.8 Å². The summed E-state index contributed by atoms with van der Waals surface area (Å²) in [4.78, 5) is 11.0. The maximum atomic E-state index is 11.0. The van der Waals surface area contributed by atoms with Gasteiger partial charge in [-0.05, 0) is 0 Å². The van der Waals surface area contributed by atoms with Gasteiger partial charge in [-0.2, -0.15) is 0 Å². The van der Waals surface area contributed by atoms with Gasteiger partial charge in [0, 0.05) is 6.42 Å². The molecule has 0 aromatic rings. The van der Waals surface area contributed by atoms with Gasteiger partial charge in [0.05, 0.1) is 13.2 Å². The molecule has 8 nitrogen and oxygen atoms in total. The van der Waals surface area contributed by atoms with Crippen LogP contribution in [0.15, 0.2) is 0 Å². The first-order valence-corrected chi connectivity index (χ1v) is 4.58. The van der Waals surface area contributed by atoms with Crippen LogP contribution >= 0.6 is 0 Å². The van der Waals surface area contributed by atoms with Gasteiger partial charge in [0.25, 0.3) is 5.79 Å². The molecule has 0 bridgehead atoms. The Hall–Kier alpha value is -0.930. The normalized spacial score (nSPS) is 35.1. The number of cyclic esters (lactones) is 2. The third-order valence-electron chi connectivity index (χ3n) is 2.46. The van der Waals surface area contributed by atoms with E-state index < -0.39 is 37.6 Å². The minimum absolute atomic E-state index is 0.199. The number of rotatable bonds is 4. The van der Waals surface area contributed by atoms with E-state index in [9.17, 15) is 9.90 Å². The second-order valence-electron chi connectivity index (χ2n) is 3.32. The topological polar surface area (TPSA) is 126 Å². The fourth-order valence-electron chi connectivity index (χ4n) is 1.45. The van der Waals surface area contributed by atoms with Crippen molar-refractivity contribution in [3.63, 3.8) is 0 Å². The van der Waals surface area contributed by atoms with E-state index in [0.29, 0.717) is 0 Å². The molecule has 1 rings (SSSR count). The van der Waals surface area contributed by atoms with Crippen molar-refractivity contribution in [2.75, 3.05) is 26.6 Å². The van der Waals surface area contributed by atoms with Crippen molar-refractivity contribution in [2.24, 2.45) is 0 Å². The molecule has 1 aliphatic heterocycles. The Bertz CT molecular complexity index is 256. The van der Waals surface area contributed by atoms with Crippen LogP contribution in [-0.2, 0) is 14.2 Å². The van der Waals surface area contributed by atoms with Crippen LogP contribution < -0.4 is 0 Å². The molecule has 0 aromatic carbocycles. The summed E-state index contributed by atoms with van der Waals surface area (Å²) in [7, 11) is 0. The van der Waals surface area contributed by atoms with E-state index >= 15 is 0 Å². The highest BCUT2D eigenvalue weighted by Gasteiger charge is 2.56. The van der Waals surface area contributed by atoms with Crippen LogP contribution in [0.1, 0.15) is 6.42 Å². The van der Waals surface area contributed by atoms with Crippen molar-refractivity contribution in [1.29, 1.82) is 0 Å². The highest BCUT2D eigenvalue weighted by molar-refractivity contribution is 5.61. The Balaban J connectivity index is 3.05. The summed E-state index contributed by atoms with van der Waals surface area (Å²) in [6.45, 7) is -2.87. The van der Waals surface area contributed by atoms with Crippen molar-refractivity contribution < 1.29 is 39.4 Å².